The quantitative estimate of drug-likeness (QED) is 0.606. The lowest BCUT2D eigenvalue weighted by Gasteiger charge is -2.35. The summed E-state index contributed by atoms with van der Waals surface area (Å²) in [6.07, 6.45) is -0.135. The number of non-ortho nitro benzene ring substituents is 1. The van der Waals surface area contributed by atoms with Crippen LogP contribution in [0.1, 0.15) is 22.0 Å². The number of carbonyl (C=O) groups excluding carboxylic acids is 1. The first-order valence-electron chi connectivity index (χ1n) is 8.12. The standard InChI is InChI=1S/C18H18BrN3O4/c1-20-18(23)15-10-14(22(24)25)6-7-16(15)21-8-9-26-17(11-21)12-2-4-13(19)5-3-12/h2-7,10,17H,8-9,11H2,1H3,(H,20,23). The average Bonchev–Trinajstić information content (AvgIpc) is 2.67. The molecule has 8 heteroatoms. The minimum Gasteiger partial charge on any atom is -0.370 e. The summed E-state index contributed by atoms with van der Waals surface area (Å²) in [5.41, 5.74) is 1.89. The number of nitrogens with zero attached hydrogens (tertiary/aromatic N) is 2. The molecule has 0 radical (unpaired) electrons. The predicted molar refractivity (Wildman–Crippen MR) is 102 cm³/mol. The van der Waals surface area contributed by atoms with Crippen molar-refractivity contribution >= 4 is 33.2 Å². The zero-order valence-corrected chi connectivity index (χ0v) is 15.7. The number of morpholine rings is 1. The number of hydrogen-bond donors (Lipinski definition) is 1. The zero-order chi connectivity index (χ0) is 18.7. The minimum atomic E-state index is -0.500. The summed E-state index contributed by atoms with van der Waals surface area (Å²) in [6.45, 7) is 1.67. The maximum atomic E-state index is 12.2. The summed E-state index contributed by atoms with van der Waals surface area (Å²) in [4.78, 5) is 24.8. The van der Waals surface area contributed by atoms with Crippen LogP contribution in [0.4, 0.5) is 11.4 Å². The molecule has 0 spiro atoms. The summed E-state index contributed by atoms with van der Waals surface area (Å²) in [7, 11) is 1.51. The van der Waals surface area contributed by atoms with Crippen LogP contribution in [0.2, 0.25) is 0 Å². The van der Waals surface area contributed by atoms with Gasteiger partial charge in [0.1, 0.15) is 6.10 Å². The fourth-order valence-corrected chi connectivity index (χ4v) is 3.24. The average molecular weight is 420 g/mol. The molecule has 0 bridgehead atoms. The van der Waals surface area contributed by atoms with Crippen molar-refractivity contribution < 1.29 is 14.5 Å². The summed E-state index contributed by atoms with van der Waals surface area (Å²) >= 11 is 3.42. The maximum Gasteiger partial charge on any atom is 0.270 e. The van der Waals surface area contributed by atoms with E-state index in [0.717, 1.165) is 10.0 Å². The summed E-state index contributed by atoms with van der Waals surface area (Å²) in [5.74, 6) is -0.351. The Morgan fingerprint density at radius 1 is 1.31 bits per heavy atom. The van der Waals surface area contributed by atoms with Crippen molar-refractivity contribution in [2.75, 3.05) is 31.6 Å². The van der Waals surface area contributed by atoms with Crippen LogP contribution in [-0.4, -0.2) is 37.6 Å². The van der Waals surface area contributed by atoms with Crippen LogP contribution in [0.15, 0.2) is 46.9 Å². The minimum absolute atomic E-state index is 0.106. The van der Waals surface area contributed by atoms with Crippen LogP contribution in [0.3, 0.4) is 0 Å². The number of hydrogen-bond acceptors (Lipinski definition) is 5. The van der Waals surface area contributed by atoms with Gasteiger partial charge in [0.25, 0.3) is 11.6 Å². The molecule has 26 heavy (non-hydrogen) atoms. The monoisotopic (exact) mass is 419 g/mol. The fourth-order valence-electron chi connectivity index (χ4n) is 2.98. The van der Waals surface area contributed by atoms with E-state index in [-0.39, 0.29) is 23.3 Å². The van der Waals surface area contributed by atoms with E-state index in [1.54, 1.807) is 6.07 Å². The molecule has 1 saturated heterocycles. The number of nitro groups is 1. The van der Waals surface area contributed by atoms with Gasteiger partial charge in [-0.3, -0.25) is 14.9 Å². The molecule has 0 saturated carbocycles. The third-order valence-electron chi connectivity index (χ3n) is 4.31. The Morgan fingerprint density at radius 3 is 2.69 bits per heavy atom. The van der Waals surface area contributed by atoms with E-state index >= 15 is 0 Å². The first-order chi connectivity index (χ1) is 12.5. The zero-order valence-electron chi connectivity index (χ0n) is 14.1. The number of halogens is 1. The lowest BCUT2D eigenvalue weighted by molar-refractivity contribution is -0.384. The molecule has 1 fully saturated rings. The van der Waals surface area contributed by atoms with Crippen molar-refractivity contribution in [1.29, 1.82) is 0 Å². The maximum absolute atomic E-state index is 12.2. The van der Waals surface area contributed by atoms with Crippen molar-refractivity contribution in [2.45, 2.75) is 6.10 Å². The third-order valence-corrected chi connectivity index (χ3v) is 4.84. The second-order valence-corrected chi connectivity index (χ2v) is 6.81. The lowest BCUT2D eigenvalue weighted by Crippen LogP contribution is -2.39. The smallest absolute Gasteiger partial charge is 0.270 e. The number of benzene rings is 2. The summed E-state index contributed by atoms with van der Waals surface area (Å²) in [6, 6.07) is 12.3. The van der Waals surface area contributed by atoms with E-state index in [2.05, 4.69) is 21.2 Å². The van der Waals surface area contributed by atoms with Gasteiger partial charge in [0, 0.05) is 36.7 Å². The van der Waals surface area contributed by atoms with E-state index in [9.17, 15) is 14.9 Å². The van der Waals surface area contributed by atoms with Crippen molar-refractivity contribution in [3.8, 4) is 0 Å². The Balaban J connectivity index is 1.91. The molecule has 3 rings (SSSR count). The Labute approximate surface area is 159 Å². The van der Waals surface area contributed by atoms with Crippen LogP contribution in [0, 0.1) is 10.1 Å². The molecular weight excluding hydrogens is 402 g/mol. The number of anilines is 1. The van der Waals surface area contributed by atoms with Gasteiger partial charge in [-0.15, -0.1) is 0 Å². The molecule has 1 unspecified atom stereocenters. The van der Waals surface area contributed by atoms with Gasteiger partial charge in [0.05, 0.1) is 22.8 Å². The van der Waals surface area contributed by atoms with Crippen LogP contribution in [0.5, 0.6) is 0 Å². The normalized spacial score (nSPS) is 17.0. The Kier molecular flexibility index (Phi) is 5.53. The molecule has 2 aromatic carbocycles. The second kappa shape index (κ2) is 7.84. The number of amides is 1. The highest BCUT2D eigenvalue weighted by Gasteiger charge is 2.26. The number of carbonyl (C=O) groups is 1. The van der Waals surface area contributed by atoms with Gasteiger partial charge in [-0.25, -0.2) is 0 Å². The molecule has 1 amide bonds. The fraction of sp³-hybridized carbons (Fsp3) is 0.278. The van der Waals surface area contributed by atoms with Crippen molar-refractivity contribution in [3.05, 3.63) is 68.2 Å². The Hall–Kier alpha value is -2.45. The molecule has 1 N–H and O–H groups in total. The van der Waals surface area contributed by atoms with Gasteiger partial charge >= 0.3 is 0 Å². The largest absolute Gasteiger partial charge is 0.370 e. The Morgan fingerprint density at radius 2 is 2.04 bits per heavy atom. The Bertz CT molecular complexity index is 826. The summed E-state index contributed by atoms with van der Waals surface area (Å²) in [5, 5.41) is 13.6. The highest BCUT2D eigenvalue weighted by atomic mass is 79.9. The van der Waals surface area contributed by atoms with Crippen LogP contribution >= 0.6 is 15.9 Å². The molecular formula is C18H18BrN3O4. The van der Waals surface area contributed by atoms with E-state index in [0.29, 0.717) is 25.4 Å². The van der Waals surface area contributed by atoms with Crippen molar-refractivity contribution in [1.82, 2.24) is 5.32 Å². The van der Waals surface area contributed by atoms with Gasteiger partial charge < -0.3 is 15.0 Å². The molecule has 7 nitrogen and oxygen atoms in total. The molecule has 2 aromatic rings. The molecule has 1 atom stereocenters. The highest BCUT2D eigenvalue weighted by molar-refractivity contribution is 9.10. The number of nitrogens with one attached hydrogen (secondary N) is 1. The van der Waals surface area contributed by atoms with Gasteiger partial charge in [-0.2, -0.15) is 0 Å². The predicted octanol–water partition coefficient (Wildman–Crippen LogP) is 3.29. The van der Waals surface area contributed by atoms with E-state index < -0.39 is 4.92 Å². The van der Waals surface area contributed by atoms with E-state index in [1.807, 2.05) is 29.2 Å². The van der Waals surface area contributed by atoms with Gasteiger partial charge in [-0.05, 0) is 23.8 Å². The van der Waals surface area contributed by atoms with Crippen LogP contribution in [0.25, 0.3) is 0 Å². The van der Waals surface area contributed by atoms with Gasteiger partial charge in [-0.1, -0.05) is 28.1 Å². The lowest BCUT2D eigenvalue weighted by atomic mass is 10.1. The molecule has 0 aromatic heterocycles. The molecule has 0 aliphatic carbocycles. The van der Waals surface area contributed by atoms with Crippen LogP contribution in [-0.2, 0) is 4.74 Å². The number of rotatable bonds is 4. The molecule has 1 aliphatic heterocycles. The highest BCUT2D eigenvalue weighted by Crippen LogP contribution is 2.31. The molecule has 136 valence electrons. The van der Waals surface area contributed by atoms with Crippen molar-refractivity contribution in [3.63, 3.8) is 0 Å². The van der Waals surface area contributed by atoms with E-state index in [1.165, 1.54) is 19.2 Å². The summed E-state index contributed by atoms with van der Waals surface area (Å²) < 4.78 is 6.87. The van der Waals surface area contributed by atoms with Gasteiger partial charge in [0.2, 0.25) is 0 Å². The first-order valence-corrected chi connectivity index (χ1v) is 8.91. The molecule has 1 heterocycles. The number of ether oxygens (including phenoxy) is 1. The molecule has 1 aliphatic rings. The second-order valence-electron chi connectivity index (χ2n) is 5.89. The van der Waals surface area contributed by atoms with Gasteiger partial charge in [0.15, 0.2) is 0 Å². The SMILES string of the molecule is CNC(=O)c1cc([N+](=O)[O-])ccc1N1CCOC(c2ccc(Br)cc2)C1. The number of nitro benzene ring substituents is 1. The topological polar surface area (TPSA) is 84.7 Å². The van der Waals surface area contributed by atoms with Crippen molar-refractivity contribution in [2.24, 2.45) is 0 Å². The van der Waals surface area contributed by atoms with E-state index in [4.69, 9.17) is 4.74 Å². The first kappa shape index (κ1) is 18.3. The third kappa shape index (κ3) is 3.86. The van der Waals surface area contributed by atoms with Crippen LogP contribution < -0.4 is 10.2 Å².